The van der Waals surface area contributed by atoms with Crippen molar-refractivity contribution >= 4 is 22.6 Å². The number of hydrogen-bond acceptors (Lipinski definition) is 0. The van der Waals surface area contributed by atoms with Crippen molar-refractivity contribution in [2.45, 2.75) is 55.8 Å². The molecule has 0 nitrogen and oxygen atoms in total. The molecule has 2 rings (SSSR count). The van der Waals surface area contributed by atoms with Gasteiger partial charge in [0.2, 0.25) is 0 Å². The normalized spacial score (nSPS) is 25.3. The Kier molecular flexibility index (Phi) is 5.21. The van der Waals surface area contributed by atoms with Crippen LogP contribution in [0, 0.1) is 17.6 Å². The topological polar surface area (TPSA) is 0 Å². The summed E-state index contributed by atoms with van der Waals surface area (Å²) in [4.78, 5) is 0. The van der Waals surface area contributed by atoms with Crippen molar-refractivity contribution in [3.63, 3.8) is 0 Å². The fourth-order valence-electron chi connectivity index (χ4n) is 3.08. The molecule has 1 atom stereocenters. The van der Waals surface area contributed by atoms with Crippen LogP contribution in [-0.4, -0.2) is 3.92 Å². The van der Waals surface area contributed by atoms with Gasteiger partial charge in [-0.15, -0.1) is 0 Å². The summed E-state index contributed by atoms with van der Waals surface area (Å²) >= 11 is 2.47. The molecular formula is C16H21F2I. The third-order valence-electron chi connectivity index (χ3n) is 4.43. The van der Waals surface area contributed by atoms with Crippen LogP contribution in [-0.2, 0) is 6.42 Å². The minimum atomic E-state index is -0.635. The van der Waals surface area contributed by atoms with Crippen LogP contribution in [0.4, 0.5) is 8.78 Å². The highest BCUT2D eigenvalue weighted by atomic mass is 127. The summed E-state index contributed by atoms with van der Waals surface area (Å²) in [6.45, 7) is 4.09. The van der Waals surface area contributed by atoms with Crippen LogP contribution in [0.3, 0.4) is 0 Å². The van der Waals surface area contributed by atoms with Gasteiger partial charge in [-0.1, -0.05) is 48.6 Å². The van der Waals surface area contributed by atoms with Crippen molar-refractivity contribution in [2.75, 3.05) is 0 Å². The number of rotatable bonds is 3. The summed E-state index contributed by atoms with van der Waals surface area (Å²) in [5.41, 5.74) is 1.07. The van der Waals surface area contributed by atoms with Crippen LogP contribution in [0.5, 0.6) is 0 Å². The molecule has 1 aromatic carbocycles. The maximum absolute atomic E-state index is 14.1. The molecule has 0 N–H and O–H groups in total. The Balaban J connectivity index is 2.14. The second-order valence-corrected chi connectivity index (χ2v) is 7.55. The Morgan fingerprint density at radius 2 is 1.79 bits per heavy atom. The van der Waals surface area contributed by atoms with Crippen molar-refractivity contribution in [3.8, 4) is 0 Å². The van der Waals surface area contributed by atoms with E-state index in [1.54, 1.807) is 12.1 Å². The van der Waals surface area contributed by atoms with Crippen LogP contribution in [0.15, 0.2) is 12.1 Å². The Labute approximate surface area is 128 Å². The zero-order chi connectivity index (χ0) is 14.0. The standard InChI is InChI=1S/C16H21F2I/c1-3-11-8-9-14(16(18)15(11)17)13-6-4-12(5-7-13)10(2)19/h8-10,12-13H,3-7H2,1-2H3/t10-,12?,13?/m0/s1. The molecule has 0 amide bonds. The first kappa shape index (κ1) is 15.2. The molecule has 0 saturated heterocycles. The smallest absolute Gasteiger partial charge is 0.162 e. The quantitative estimate of drug-likeness (QED) is 0.473. The number of alkyl halides is 1. The predicted octanol–water partition coefficient (Wildman–Crippen LogP) is 5.62. The highest BCUT2D eigenvalue weighted by molar-refractivity contribution is 14.1. The lowest BCUT2D eigenvalue weighted by Gasteiger charge is -2.30. The molecule has 0 aliphatic heterocycles. The van der Waals surface area contributed by atoms with Crippen LogP contribution >= 0.6 is 22.6 Å². The predicted molar refractivity (Wildman–Crippen MR) is 83.9 cm³/mol. The lowest BCUT2D eigenvalue weighted by molar-refractivity contribution is 0.323. The first-order valence-electron chi connectivity index (χ1n) is 7.15. The molecule has 1 fully saturated rings. The first-order chi connectivity index (χ1) is 9.04. The monoisotopic (exact) mass is 378 g/mol. The summed E-state index contributed by atoms with van der Waals surface area (Å²) in [7, 11) is 0. The molecule has 0 heterocycles. The van der Waals surface area contributed by atoms with Crippen LogP contribution < -0.4 is 0 Å². The number of hydrogen-bond donors (Lipinski definition) is 0. The molecule has 19 heavy (non-hydrogen) atoms. The van der Waals surface area contributed by atoms with E-state index in [9.17, 15) is 8.78 Å². The second kappa shape index (κ2) is 6.51. The van der Waals surface area contributed by atoms with Gasteiger partial charge in [-0.25, -0.2) is 8.78 Å². The third kappa shape index (κ3) is 3.29. The van der Waals surface area contributed by atoms with E-state index in [0.29, 0.717) is 21.5 Å². The van der Waals surface area contributed by atoms with Crippen molar-refractivity contribution in [3.05, 3.63) is 34.9 Å². The average Bonchev–Trinajstić information content (AvgIpc) is 2.42. The first-order valence-corrected chi connectivity index (χ1v) is 8.40. The van der Waals surface area contributed by atoms with Gasteiger partial charge in [-0.05, 0) is 55.1 Å². The SMILES string of the molecule is CCc1ccc(C2CCC([C@H](C)I)CC2)c(F)c1F. The Hall–Kier alpha value is -0.190. The second-order valence-electron chi connectivity index (χ2n) is 5.58. The Bertz CT molecular complexity index is 435. The number of aryl methyl sites for hydroxylation is 1. The van der Waals surface area contributed by atoms with E-state index in [1.807, 2.05) is 6.92 Å². The van der Waals surface area contributed by atoms with Gasteiger partial charge in [0.15, 0.2) is 11.6 Å². The lowest BCUT2D eigenvalue weighted by atomic mass is 9.77. The summed E-state index contributed by atoms with van der Waals surface area (Å²) in [6.07, 6.45) is 4.78. The molecule has 106 valence electrons. The van der Waals surface area contributed by atoms with E-state index in [2.05, 4.69) is 29.5 Å². The maximum Gasteiger partial charge on any atom is 0.162 e. The third-order valence-corrected chi connectivity index (χ3v) is 5.45. The van der Waals surface area contributed by atoms with Gasteiger partial charge in [0.1, 0.15) is 0 Å². The van der Waals surface area contributed by atoms with Crippen molar-refractivity contribution in [1.82, 2.24) is 0 Å². The van der Waals surface area contributed by atoms with E-state index in [1.165, 1.54) is 0 Å². The maximum atomic E-state index is 14.1. The van der Waals surface area contributed by atoms with Crippen molar-refractivity contribution < 1.29 is 8.78 Å². The van der Waals surface area contributed by atoms with E-state index in [4.69, 9.17) is 0 Å². The highest BCUT2D eigenvalue weighted by Gasteiger charge is 2.27. The molecule has 1 saturated carbocycles. The fourth-order valence-corrected chi connectivity index (χ4v) is 3.80. The lowest BCUT2D eigenvalue weighted by Crippen LogP contribution is -2.20. The molecule has 3 heteroatoms. The van der Waals surface area contributed by atoms with Gasteiger partial charge in [0, 0.05) is 3.92 Å². The Morgan fingerprint density at radius 3 is 2.32 bits per heavy atom. The average molecular weight is 378 g/mol. The summed E-state index contributed by atoms with van der Waals surface area (Å²) in [5.74, 6) is -0.304. The number of halogens is 3. The summed E-state index contributed by atoms with van der Waals surface area (Å²) < 4.78 is 28.6. The molecule has 0 spiro atoms. The van der Waals surface area contributed by atoms with Crippen LogP contribution in [0.25, 0.3) is 0 Å². The molecular weight excluding hydrogens is 357 g/mol. The number of benzene rings is 1. The van der Waals surface area contributed by atoms with Gasteiger partial charge in [0.05, 0.1) is 0 Å². The minimum absolute atomic E-state index is 0.201. The van der Waals surface area contributed by atoms with Crippen LogP contribution in [0.2, 0.25) is 0 Å². The molecule has 0 bridgehead atoms. The van der Waals surface area contributed by atoms with Gasteiger partial charge in [-0.3, -0.25) is 0 Å². The Morgan fingerprint density at radius 1 is 1.16 bits per heavy atom. The van der Waals surface area contributed by atoms with Crippen molar-refractivity contribution in [1.29, 1.82) is 0 Å². The largest absolute Gasteiger partial charge is 0.203 e. The van der Waals surface area contributed by atoms with E-state index < -0.39 is 11.6 Å². The van der Waals surface area contributed by atoms with Crippen LogP contribution in [0.1, 0.15) is 56.6 Å². The summed E-state index contributed by atoms with van der Waals surface area (Å²) in [6, 6.07) is 3.55. The molecule has 0 aromatic heterocycles. The zero-order valence-corrected chi connectivity index (χ0v) is 13.7. The van der Waals surface area contributed by atoms with E-state index in [-0.39, 0.29) is 5.92 Å². The van der Waals surface area contributed by atoms with Gasteiger partial charge in [0.25, 0.3) is 0 Å². The minimum Gasteiger partial charge on any atom is -0.203 e. The zero-order valence-electron chi connectivity index (χ0n) is 11.6. The van der Waals surface area contributed by atoms with E-state index >= 15 is 0 Å². The summed E-state index contributed by atoms with van der Waals surface area (Å²) in [5, 5.41) is 0. The van der Waals surface area contributed by atoms with E-state index in [0.717, 1.165) is 31.6 Å². The molecule has 1 aliphatic rings. The van der Waals surface area contributed by atoms with Gasteiger partial charge < -0.3 is 0 Å². The molecule has 1 aliphatic carbocycles. The van der Waals surface area contributed by atoms with Gasteiger partial charge in [-0.2, -0.15) is 0 Å². The fraction of sp³-hybridized carbons (Fsp3) is 0.625. The molecule has 0 radical (unpaired) electrons. The van der Waals surface area contributed by atoms with Crippen molar-refractivity contribution in [2.24, 2.45) is 5.92 Å². The molecule has 0 unspecified atom stereocenters. The molecule has 1 aromatic rings. The highest BCUT2D eigenvalue weighted by Crippen LogP contribution is 2.40. The van der Waals surface area contributed by atoms with Gasteiger partial charge >= 0.3 is 0 Å².